The maximum atomic E-state index is 10.9. The Labute approximate surface area is 120 Å². The topological polar surface area (TPSA) is 53.1 Å². The highest BCUT2D eigenvalue weighted by Crippen LogP contribution is 2.32. The summed E-state index contributed by atoms with van der Waals surface area (Å²) in [5, 5.41) is 11.2. The van der Waals surface area contributed by atoms with Crippen molar-refractivity contribution >= 4 is 28.6 Å². The van der Waals surface area contributed by atoms with Gasteiger partial charge >= 0.3 is 5.97 Å². The normalized spacial score (nSPS) is 10.8. The number of fused-ring (bicyclic) bond motifs is 1. The van der Waals surface area contributed by atoms with Crippen molar-refractivity contribution in [2.45, 2.75) is 16.8 Å². The number of carboxylic acid groups (broad SMARTS) is 1. The third-order valence-corrected chi connectivity index (χ3v) is 4.26. The van der Waals surface area contributed by atoms with Gasteiger partial charge in [-0.2, -0.15) is 0 Å². The number of rotatable bonds is 3. The van der Waals surface area contributed by atoms with E-state index in [1.165, 1.54) is 5.39 Å². The summed E-state index contributed by atoms with van der Waals surface area (Å²) in [5.41, 5.74) is 2.40. The van der Waals surface area contributed by atoms with E-state index in [1.54, 1.807) is 23.9 Å². The van der Waals surface area contributed by atoms with Gasteiger partial charge in [0.1, 0.15) is 0 Å². The molecule has 20 heavy (non-hydrogen) atoms. The van der Waals surface area contributed by atoms with Gasteiger partial charge in [0.25, 0.3) is 0 Å². The van der Waals surface area contributed by atoms with Gasteiger partial charge in [0.15, 0.2) is 0 Å². The number of hydrogen-bond acceptors (Lipinski definition) is 2. The van der Waals surface area contributed by atoms with Gasteiger partial charge in [0, 0.05) is 15.8 Å². The van der Waals surface area contributed by atoms with E-state index < -0.39 is 5.97 Å². The summed E-state index contributed by atoms with van der Waals surface area (Å²) >= 11 is 1.61. The zero-order valence-electron chi connectivity index (χ0n) is 10.9. The smallest absolute Gasteiger partial charge is 0.335 e. The van der Waals surface area contributed by atoms with Gasteiger partial charge in [0.2, 0.25) is 0 Å². The van der Waals surface area contributed by atoms with E-state index in [0.29, 0.717) is 5.56 Å². The Morgan fingerprint density at radius 1 is 1.15 bits per heavy atom. The second kappa shape index (κ2) is 5.06. The van der Waals surface area contributed by atoms with Crippen molar-refractivity contribution in [3.8, 4) is 0 Å². The number of aromatic nitrogens is 1. The van der Waals surface area contributed by atoms with Crippen LogP contribution in [0.15, 0.2) is 58.5 Å². The molecule has 4 heteroatoms. The van der Waals surface area contributed by atoms with E-state index in [4.69, 9.17) is 5.11 Å². The largest absolute Gasteiger partial charge is 0.478 e. The van der Waals surface area contributed by atoms with Gasteiger partial charge in [-0.3, -0.25) is 0 Å². The summed E-state index contributed by atoms with van der Waals surface area (Å²) in [6.45, 7) is 1.93. The van der Waals surface area contributed by atoms with Crippen molar-refractivity contribution < 1.29 is 9.90 Å². The lowest BCUT2D eigenvalue weighted by molar-refractivity contribution is 0.0696. The molecule has 0 bridgehead atoms. The van der Waals surface area contributed by atoms with E-state index in [0.717, 1.165) is 21.0 Å². The van der Waals surface area contributed by atoms with Crippen LogP contribution < -0.4 is 0 Å². The Bertz CT molecular complexity index is 759. The maximum absolute atomic E-state index is 10.9. The van der Waals surface area contributed by atoms with Crippen LogP contribution in [0, 0.1) is 6.92 Å². The molecule has 0 radical (unpaired) electrons. The molecule has 3 aromatic rings. The number of aromatic amines is 1. The number of aryl methyl sites for hydroxylation is 1. The third kappa shape index (κ3) is 2.42. The lowest BCUT2D eigenvalue weighted by atomic mass is 10.1. The molecule has 1 aromatic heterocycles. The van der Waals surface area contributed by atoms with Gasteiger partial charge in [-0.05, 0) is 42.8 Å². The fourth-order valence-electron chi connectivity index (χ4n) is 2.12. The number of H-pyrrole nitrogens is 1. The molecule has 100 valence electrons. The fraction of sp³-hybridized carbons (Fsp3) is 0.0625. The lowest BCUT2D eigenvalue weighted by Gasteiger charge is -2.05. The van der Waals surface area contributed by atoms with Crippen LogP contribution in [0.25, 0.3) is 10.9 Å². The third-order valence-electron chi connectivity index (χ3n) is 3.15. The minimum absolute atomic E-state index is 0.323. The Morgan fingerprint density at radius 3 is 2.65 bits per heavy atom. The molecular weight excluding hydrogens is 270 g/mol. The average Bonchev–Trinajstić information content (AvgIpc) is 2.83. The van der Waals surface area contributed by atoms with Crippen LogP contribution in [-0.2, 0) is 0 Å². The van der Waals surface area contributed by atoms with Crippen molar-refractivity contribution in [2.75, 3.05) is 0 Å². The highest BCUT2D eigenvalue weighted by molar-refractivity contribution is 7.99. The maximum Gasteiger partial charge on any atom is 0.335 e. The summed E-state index contributed by atoms with van der Waals surface area (Å²) < 4.78 is 0. The summed E-state index contributed by atoms with van der Waals surface area (Å²) in [7, 11) is 0. The predicted octanol–water partition coefficient (Wildman–Crippen LogP) is 4.33. The van der Waals surface area contributed by atoms with Crippen molar-refractivity contribution in [2.24, 2.45) is 0 Å². The van der Waals surface area contributed by atoms with Crippen molar-refractivity contribution in [3.05, 3.63) is 59.7 Å². The zero-order valence-corrected chi connectivity index (χ0v) is 11.7. The van der Waals surface area contributed by atoms with Gasteiger partial charge in [0.05, 0.1) is 10.6 Å². The highest BCUT2D eigenvalue weighted by atomic mass is 32.2. The van der Waals surface area contributed by atoms with Crippen LogP contribution in [0.3, 0.4) is 0 Å². The van der Waals surface area contributed by atoms with Crippen LogP contribution in [0.5, 0.6) is 0 Å². The SMILES string of the molecule is Cc1cc(C(=O)O)ccc1Sc1cc2ccccc2[nH]1. The number of benzene rings is 2. The first-order valence-corrected chi connectivity index (χ1v) is 7.05. The molecule has 3 rings (SSSR count). The van der Waals surface area contributed by atoms with Crippen LogP contribution in [0.2, 0.25) is 0 Å². The molecule has 2 aromatic carbocycles. The van der Waals surface area contributed by atoms with E-state index in [2.05, 4.69) is 17.1 Å². The van der Waals surface area contributed by atoms with Crippen LogP contribution >= 0.6 is 11.8 Å². The molecule has 0 spiro atoms. The highest BCUT2D eigenvalue weighted by Gasteiger charge is 2.08. The zero-order chi connectivity index (χ0) is 14.1. The van der Waals surface area contributed by atoms with Crippen molar-refractivity contribution in [3.63, 3.8) is 0 Å². The van der Waals surface area contributed by atoms with Crippen LogP contribution in [0.4, 0.5) is 0 Å². The quantitative estimate of drug-likeness (QED) is 0.752. The molecule has 0 aliphatic heterocycles. The first-order valence-electron chi connectivity index (χ1n) is 6.23. The van der Waals surface area contributed by atoms with Gasteiger partial charge in [-0.25, -0.2) is 4.79 Å². The van der Waals surface area contributed by atoms with Crippen molar-refractivity contribution in [1.29, 1.82) is 0 Å². The second-order valence-corrected chi connectivity index (χ2v) is 5.69. The molecule has 3 nitrogen and oxygen atoms in total. The summed E-state index contributed by atoms with van der Waals surface area (Å²) in [4.78, 5) is 15.3. The summed E-state index contributed by atoms with van der Waals surface area (Å²) in [5.74, 6) is -0.893. The number of hydrogen-bond donors (Lipinski definition) is 2. The molecule has 0 saturated heterocycles. The number of carboxylic acids is 1. The average molecular weight is 283 g/mol. The van der Waals surface area contributed by atoms with E-state index in [1.807, 2.05) is 31.2 Å². The van der Waals surface area contributed by atoms with Crippen LogP contribution in [0.1, 0.15) is 15.9 Å². The minimum atomic E-state index is -0.893. The first kappa shape index (κ1) is 12.8. The second-order valence-electron chi connectivity index (χ2n) is 4.61. The monoisotopic (exact) mass is 283 g/mol. The molecular formula is C16H13NO2S. The minimum Gasteiger partial charge on any atom is -0.478 e. The van der Waals surface area contributed by atoms with Gasteiger partial charge < -0.3 is 10.1 Å². The van der Waals surface area contributed by atoms with Crippen LogP contribution in [-0.4, -0.2) is 16.1 Å². The number of aromatic carboxylic acids is 1. The Kier molecular flexibility index (Phi) is 3.24. The molecule has 1 heterocycles. The number of nitrogens with one attached hydrogen (secondary N) is 1. The molecule has 0 aliphatic rings. The summed E-state index contributed by atoms with van der Waals surface area (Å²) in [6.07, 6.45) is 0. The summed E-state index contributed by atoms with van der Waals surface area (Å²) in [6, 6.07) is 15.4. The number of para-hydroxylation sites is 1. The Balaban J connectivity index is 1.92. The molecule has 0 unspecified atom stereocenters. The standard InChI is InChI=1S/C16H13NO2S/c1-10-8-12(16(18)19)6-7-14(10)20-15-9-11-4-2-3-5-13(11)17-15/h2-9,17H,1H3,(H,18,19). The molecule has 0 atom stereocenters. The fourth-order valence-corrected chi connectivity index (χ4v) is 3.06. The van der Waals surface area contributed by atoms with E-state index >= 15 is 0 Å². The van der Waals surface area contributed by atoms with Gasteiger partial charge in [-0.1, -0.05) is 30.0 Å². The van der Waals surface area contributed by atoms with E-state index in [-0.39, 0.29) is 0 Å². The van der Waals surface area contributed by atoms with E-state index in [9.17, 15) is 4.79 Å². The molecule has 2 N–H and O–H groups in total. The predicted molar refractivity (Wildman–Crippen MR) is 80.6 cm³/mol. The Hall–Kier alpha value is -2.20. The molecule has 0 fully saturated rings. The molecule has 0 saturated carbocycles. The lowest BCUT2D eigenvalue weighted by Crippen LogP contribution is -1.96. The van der Waals surface area contributed by atoms with Crippen molar-refractivity contribution in [1.82, 2.24) is 4.98 Å². The Morgan fingerprint density at radius 2 is 1.95 bits per heavy atom. The first-order chi connectivity index (χ1) is 9.63. The molecule has 0 amide bonds. The molecule has 0 aliphatic carbocycles. The van der Waals surface area contributed by atoms with Gasteiger partial charge in [-0.15, -0.1) is 0 Å². The number of carbonyl (C=O) groups is 1.